The van der Waals surface area contributed by atoms with Crippen molar-refractivity contribution in [2.24, 2.45) is 5.92 Å². The van der Waals surface area contributed by atoms with Crippen molar-refractivity contribution in [3.05, 3.63) is 59.7 Å². The van der Waals surface area contributed by atoms with Gasteiger partial charge in [-0.15, -0.1) is 0 Å². The molecule has 0 aliphatic carbocycles. The van der Waals surface area contributed by atoms with E-state index in [0.717, 1.165) is 5.56 Å². The molecule has 8 heteroatoms. The predicted molar refractivity (Wildman–Crippen MR) is 108 cm³/mol. The summed E-state index contributed by atoms with van der Waals surface area (Å²) < 4.78 is 10.1. The number of carbonyl (C=O) groups is 4. The minimum atomic E-state index is -0.765. The Morgan fingerprint density at radius 1 is 1.10 bits per heavy atom. The van der Waals surface area contributed by atoms with Gasteiger partial charge in [0.25, 0.3) is 11.8 Å². The van der Waals surface area contributed by atoms with Crippen molar-refractivity contribution in [1.29, 1.82) is 0 Å². The van der Waals surface area contributed by atoms with Gasteiger partial charge < -0.3 is 14.4 Å². The van der Waals surface area contributed by atoms with Crippen LogP contribution in [0.4, 0.5) is 5.69 Å². The summed E-state index contributed by atoms with van der Waals surface area (Å²) in [5.74, 6) is -2.61. The molecular weight excluding hydrogens is 388 g/mol. The van der Waals surface area contributed by atoms with Crippen LogP contribution in [0.15, 0.2) is 48.5 Å². The van der Waals surface area contributed by atoms with Crippen LogP contribution in [0, 0.1) is 12.8 Å². The second-order valence-electron chi connectivity index (χ2n) is 6.93. The maximum absolute atomic E-state index is 12.3. The zero-order valence-corrected chi connectivity index (χ0v) is 16.7. The number of hydrogen-bond acceptors (Lipinski definition) is 6. The van der Waals surface area contributed by atoms with Crippen molar-refractivity contribution in [1.82, 2.24) is 5.32 Å². The lowest BCUT2D eigenvalue weighted by molar-refractivity contribution is -0.152. The average molecular weight is 410 g/mol. The van der Waals surface area contributed by atoms with Crippen molar-refractivity contribution < 1.29 is 28.7 Å². The van der Waals surface area contributed by atoms with Gasteiger partial charge >= 0.3 is 5.97 Å². The van der Waals surface area contributed by atoms with Crippen LogP contribution in [-0.2, 0) is 19.1 Å². The van der Waals surface area contributed by atoms with Gasteiger partial charge in [-0.2, -0.15) is 0 Å². The van der Waals surface area contributed by atoms with E-state index >= 15 is 0 Å². The van der Waals surface area contributed by atoms with Crippen LogP contribution in [-0.4, -0.2) is 44.0 Å². The standard InChI is InChI=1S/C22H22N2O6/c1-14-7-9-16(10-8-14)24-12-15(11-20(24)26)22(28)30-13-19(25)23-21(27)17-5-3-4-6-18(17)29-2/h3-10,15H,11-13H2,1-2H3,(H,23,25,27)/t15-/m0/s1. The van der Waals surface area contributed by atoms with Crippen molar-refractivity contribution in [3.8, 4) is 5.75 Å². The topological polar surface area (TPSA) is 102 Å². The summed E-state index contributed by atoms with van der Waals surface area (Å²) in [6.45, 7) is 1.51. The molecule has 1 N–H and O–H groups in total. The minimum absolute atomic E-state index is 0.00841. The normalized spacial score (nSPS) is 15.6. The third kappa shape index (κ3) is 4.83. The average Bonchev–Trinajstić information content (AvgIpc) is 3.14. The van der Waals surface area contributed by atoms with Crippen LogP contribution in [0.5, 0.6) is 5.75 Å². The third-order valence-corrected chi connectivity index (χ3v) is 4.75. The smallest absolute Gasteiger partial charge is 0.311 e. The number of hydrogen-bond donors (Lipinski definition) is 1. The summed E-state index contributed by atoms with van der Waals surface area (Å²) in [7, 11) is 1.42. The Hall–Kier alpha value is -3.68. The molecule has 0 unspecified atom stereocenters. The molecule has 1 saturated heterocycles. The first-order chi connectivity index (χ1) is 14.4. The van der Waals surface area contributed by atoms with Gasteiger partial charge in [-0.3, -0.25) is 24.5 Å². The molecule has 2 aromatic carbocycles. The Morgan fingerprint density at radius 3 is 2.50 bits per heavy atom. The molecule has 1 aliphatic heterocycles. The quantitative estimate of drug-likeness (QED) is 0.730. The summed E-state index contributed by atoms with van der Waals surface area (Å²) in [5, 5.41) is 2.15. The fourth-order valence-corrected chi connectivity index (χ4v) is 3.16. The van der Waals surface area contributed by atoms with E-state index in [9.17, 15) is 19.2 Å². The van der Waals surface area contributed by atoms with E-state index in [1.165, 1.54) is 18.1 Å². The van der Waals surface area contributed by atoms with Crippen molar-refractivity contribution in [2.45, 2.75) is 13.3 Å². The van der Waals surface area contributed by atoms with E-state index in [1.807, 2.05) is 31.2 Å². The number of carbonyl (C=O) groups excluding carboxylic acids is 4. The number of methoxy groups -OCH3 is 1. The summed E-state index contributed by atoms with van der Waals surface area (Å²) in [6, 6.07) is 13.8. The molecule has 0 spiro atoms. The number of rotatable bonds is 6. The van der Waals surface area contributed by atoms with Gasteiger partial charge in [0, 0.05) is 18.7 Å². The van der Waals surface area contributed by atoms with Crippen molar-refractivity contribution >= 4 is 29.4 Å². The number of esters is 1. The molecule has 1 fully saturated rings. The highest BCUT2D eigenvalue weighted by Gasteiger charge is 2.36. The van der Waals surface area contributed by atoms with E-state index in [-0.39, 0.29) is 24.4 Å². The molecule has 1 heterocycles. The number of nitrogens with zero attached hydrogens (tertiary/aromatic N) is 1. The molecule has 3 amide bonds. The lowest BCUT2D eigenvalue weighted by Crippen LogP contribution is -2.35. The molecule has 8 nitrogen and oxygen atoms in total. The number of nitrogens with one attached hydrogen (secondary N) is 1. The summed E-state index contributed by atoms with van der Waals surface area (Å²) in [6.07, 6.45) is 0.00841. The van der Waals surface area contributed by atoms with Gasteiger partial charge in [-0.25, -0.2) is 0 Å². The highest BCUT2D eigenvalue weighted by atomic mass is 16.5. The van der Waals surface area contributed by atoms with Crippen LogP contribution in [0.3, 0.4) is 0 Å². The molecule has 0 bridgehead atoms. The van der Waals surface area contributed by atoms with Gasteiger partial charge in [0.1, 0.15) is 5.75 Å². The Morgan fingerprint density at radius 2 is 1.80 bits per heavy atom. The van der Waals surface area contributed by atoms with Crippen molar-refractivity contribution in [3.63, 3.8) is 0 Å². The summed E-state index contributed by atoms with van der Waals surface area (Å²) >= 11 is 0. The SMILES string of the molecule is COc1ccccc1C(=O)NC(=O)COC(=O)[C@H]1CC(=O)N(c2ccc(C)cc2)C1. The molecule has 0 radical (unpaired) electrons. The van der Waals surface area contributed by atoms with Gasteiger partial charge in [0.2, 0.25) is 5.91 Å². The van der Waals surface area contributed by atoms with E-state index in [1.54, 1.807) is 18.2 Å². The molecule has 2 aromatic rings. The highest BCUT2D eigenvalue weighted by molar-refractivity contribution is 6.07. The number of para-hydroxylation sites is 1. The minimum Gasteiger partial charge on any atom is -0.496 e. The number of imide groups is 1. The summed E-state index contributed by atoms with van der Waals surface area (Å²) in [5.41, 5.74) is 1.96. The zero-order valence-electron chi connectivity index (χ0n) is 16.7. The van der Waals surface area contributed by atoms with Crippen LogP contribution in [0.25, 0.3) is 0 Å². The molecule has 30 heavy (non-hydrogen) atoms. The summed E-state index contributed by atoms with van der Waals surface area (Å²) in [4.78, 5) is 50.3. The molecule has 0 aromatic heterocycles. The fourth-order valence-electron chi connectivity index (χ4n) is 3.16. The van der Waals surface area contributed by atoms with Gasteiger partial charge in [0.05, 0.1) is 18.6 Å². The lowest BCUT2D eigenvalue weighted by Gasteiger charge is -2.16. The molecule has 3 rings (SSSR count). The zero-order chi connectivity index (χ0) is 21.7. The predicted octanol–water partition coefficient (Wildman–Crippen LogP) is 1.86. The van der Waals surface area contributed by atoms with E-state index in [4.69, 9.17) is 9.47 Å². The second kappa shape index (κ2) is 9.21. The molecule has 156 valence electrons. The maximum atomic E-state index is 12.3. The van der Waals surface area contributed by atoms with E-state index in [0.29, 0.717) is 11.4 Å². The molecular formula is C22H22N2O6. The van der Waals surface area contributed by atoms with Gasteiger partial charge in [0.15, 0.2) is 6.61 Å². The second-order valence-corrected chi connectivity index (χ2v) is 6.93. The van der Waals surface area contributed by atoms with Gasteiger partial charge in [-0.05, 0) is 31.2 Å². The lowest BCUT2D eigenvalue weighted by atomic mass is 10.1. The van der Waals surface area contributed by atoms with E-state index in [2.05, 4.69) is 5.32 Å². The molecule has 1 aliphatic rings. The molecule has 1 atom stereocenters. The highest BCUT2D eigenvalue weighted by Crippen LogP contribution is 2.26. The van der Waals surface area contributed by atoms with Crippen LogP contribution < -0.4 is 15.0 Å². The fraction of sp³-hybridized carbons (Fsp3) is 0.273. The Labute approximate surface area is 173 Å². The first kappa shape index (κ1) is 21.0. The Kier molecular flexibility index (Phi) is 6.46. The van der Waals surface area contributed by atoms with Crippen LogP contribution in [0.2, 0.25) is 0 Å². The number of amides is 3. The maximum Gasteiger partial charge on any atom is 0.311 e. The Bertz CT molecular complexity index is 970. The largest absolute Gasteiger partial charge is 0.496 e. The number of anilines is 1. The first-order valence-corrected chi connectivity index (χ1v) is 9.40. The first-order valence-electron chi connectivity index (χ1n) is 9.40. The van der Waals surface area contributed by atoms with Crippen LogP contribution >= 0.6 is 0 Å². The Balaban J connectivity index is 1.51. The monoisotopic (exact) mass is 410 g/mol. The number of ether oxygens (including phenoxy) is 2. The number of aryl methyl sites for hydroxylation is 1. The van der Waals surface area contributed by atoms with Gasteiger partial charge in [-0.1, -0.05) is 29.8 Å². The number of benzene rings is 2. The van der Waals surface area contributed by atoms with Crippen LogP contribution in [0.1, 0.15) is 22.3 Å². The van der Waals surface area contributed by atoms with Crippen molar-refractivity contribution in [2.75, 3.05) is 25.2 Å². The van der Waals surface area contributed by atoms with E-state index < -0.39 is 30.3 Å². The third-order valence-electron chi connectivity index (χ3n) is 4.75. The molecule has 0 saturated carbocycles.